The summed E-state index contributed by atoms with van der Waals surface area (Å²) in [5.74, 6) is 0.878. The predicted octanol–water partition coefficient (Wildman–Crippen LogP) is 2.33. The van der Waals surface area contributed by atoms with Gasteiger partial charge in [0.25, 0.3) is 0 Å². The fourth-order valence-electron chi connectivity index (χ4n) is 1.80. The van der Waals surface area contributed by atoms with E-state index in [1.165, 1.54) is 0 Å². The van der Waals surface area contributed by atoms with Gasteiger partial charge in [-0.3, -0.25) is 0 Å². The molecule has 1 aromatic rings. The molecule has 0 bridgehead atoms. The molecule has 0 radical (unpaired) electrons. The van der Waals surface area contributed by atoms with Crippen LogP contribution >= 0.6 is 15.9 Å². The molecule has 1 aliphatic heterocycles. The first-order valence-corrected chi connectivity index (χ1v) is 6.31. The molecule has 2 N–H and O–H groups in total. The minimum absolute atomic E-state index is 0.192. The van der Waals surface area contributed by atoms with E-state index in [0.717, 1.165) is 23.1 Å². The summed E-state index contributed by atoms with van der Waals surface area (Å²) in [6.45, 7) is 1.22. The molecule has 0 aliphatic carbocycles. The highest BCUT2D eigenvalue weighted by Crippen LogP contribution is 2.21. The lowest BCUT2D eigenvalue weighted by Crippen LogP contribution is -2.23. The van der Waals surface area contributed by atoms with Crippen molar-refractivity contribution in [3.05, 3.63) is 28.7 Å². The molecule has 0 amide bonds. The van der Waals surface area contributed by atoms with Crippen LogP contribution < -0.4 is 10.5 Å². The molecule has 2 atom stereocenters. The Bertz CT molecular complexity index is 328. The summed E-state index contributed by atoms with van der Waals surface area (Å²) in [5, 5.41) is 0. The van der Waals surface area contributed by atoms with E-state index in [0.29, 0.717) is 13.2 Å². The summed E-state index contributed by atoms with van der Waals surface area (Å²) in [5.41, 5.74) is 5.55. The van der Waals surface area contributed by atoms with Crippen molar-refractivity contribution in [2.75, 3.05) is 13.2 Å². The average Bonchev–Trinajstić information content (AvgIpc) is 2.76. The zero-order chi connectivity index (χ0) is 11.4. The first-order chi connectivity index (χ1) is 7.78. The van der Waals surface area contributed by atoms with E-state index in [2.05, 4.69) is 15.9 Å². The van der Waals surface area contributed by atoms with Crippen molar-refractivity contribution in [3.8, 4) is 5.75 Å². The van der Waals surface area contributed by atoms with Gasteiger partial charge in [0, 0.05) is 11.0 Å². The Morgan fingerprint density at radius 1 is 1.25 bits per heavy atom. The van der Waals surface area contributed by atoms with Crippen molar-refractivity contribution in [2.24, 2.45) is 5.73 Å². The summed E-state index contributed by atoms with van der Waals surface area (Å²) in [7, 11) is 0. The first-order valence-electron chi connectivity index (χ1n) is 5.52. The van der Waals surface area contributed by atoms with Crippen molar-refractivity contribution in [3.63, 3.8) is 0 Å². The van der Waals surface area contributed by atoms with Crippen LogP contribution in [0.3, 0.4) is 0 Å². The Balaban J connectivity index is 1.77. The highest BCUT2D eigenvalue weighted by atomic mass is 79.9. The molecular formula is C12H16BrNO2. The topological polar surface area (TPSA) is 44.5 Å². The van der Waals surface area contributed by atoms with Crippen LogP contribution in [0, 0.1) is 0 Å². The molecule has 0 spiro atoms. The zero-order valence-electron chi connectivity index (χ0n) is 9.06. The quantitative estimate of drug-likeness (QED) is 0.924. The summed E-state index contributed by atoms with van der Waals surface area (Å²) in [6, 6.07) is 7.82. The maximum absolute atomic E-state index is 5.70. The second-order valence-corrected chi connectivity index (χ2v) is 4.87. The van der Waals surface area contributed by atoms with Crippen LogP contribution in [0.2, 0.25) is 0 Å². The Morgan fingerprint density at radius 3 is 2.56 bits per heavy atom. The predicted molar refractivity (Wildman–Crippen MR) is 66.6 cm³/mol. The summed E-state index contributed by atoms with van der Waals surface area (Å²) in [4.78, 5) is 0. The van der Waals surface area contributed by atoms with Gasteiger partial charge >= 0.3 is 0 Å². The van der Waals surface area contributed by atoms with E-state index >= 15 is 0 Å². The largest absolute Gasteiger partial charge is 0.491 e. The van der Waals surface area contributed by atoms with Gasteiger partial charge in [-0.2, -0.15) is 0 Å². The van der Waals surface area contributed by atoms with E-state index in [1.807, 2.05) is 24.3 Å². The van der Waals surface area contributed by atoms with Crippen LogP contribution in [0.25, 0.3) is 0 Å². The molecule has 3 nitrogen and oxygen atoms in total. The highest BCUT2D eigenvalue weighted by molar-refractivity contribution is 9.10. The average molecular weight is 286 g/mol. The SMILES string of the molecule is NCC1CCC(COc2ccc(Br)cc2)O1. The molecule has 0 saturated carbocycles. The summed E-state index contributed by atoms with van der Waals surface area (Å²) < 4.78 is 12.4. The molecule has 1 aromatic carbocycles. The van der Waals surface area contributed by atoms with Crippen molar-refractivity contribution in [1.29, 1.82) is 0 Å². The molecule has 1 saturated heterocycles. The van der Waals surface area contributed by atoms with Gasteiger partial charge in [0.05, 0.1) is 12.2 Å². The van der Waals surface area contributed by atoms with Crippen LogP contribution in [0.5, 0.6) is 5.75 Å². The molecular weight excluding hydrogens is 270 g/mol. The van der Waals surface area contributed by atoms with E-state index < -0.39 is 0 Å². The van der Waals surface area contributed by atoms with Crippen molar-refractivity contribution in [1.82, 2.24) is 0 Å². The minimum Gasteiger partial charge on any atom is -0.491 e. The van der Waals surface area contributed by atoms with Gasteiger partial charge in [-0.05, 0) is 37.1 Å². The number of ether oxygens (including phenoxy) is 2. The maximum Gasteiger partial charge on any atom is 0.119 e. The number of halogens is 1. The van der Waals surface area contributed by atoms with Crippen LogP contribution in [-0.4, -0.2) is 25.4 Å². The van der Waals surface area contributed by atoms with E-state index in [1.54, 1.807) is 0 Å². The number of rotatable bonds is 4. The molecule has 2 rings (SSSR count). The first kappa shape index (κ1) is 11.9. The van der Waals surface area contributed by atoms with Crippen molar-refractivity contribution >= 4 is 15.9 Å². The summed E-state index contributed by atoms with van der Waals surface area (Å²) in [6.07, 6.45) is 2.50. The number of nitrogens with two attached hydrogens (primary N) is 1. The normalized spacial score (nSPS) is 24.6. The number of benzene rings is 1. The molecule has 1 aliphatic rings. The summed E-state index contributed by atoms with van der Waals surface area (Å²) >= 11 is 3.39. The fourth-order valence-corrected chi connectivity index (χ4v) is 2.06. The van der Waals surface area contributed by atoms with Gasteiger partial charge in [-0.15, -0.1) is 0 Å². The van der Waals surface area contributed by atoms with Gasteiger partial charge in [-0.25, -0.2) is 0 Å². The Kier molecular flexibility index (Phi) is 4.21. The van der Waals surface area contributed by atoms with Crippen molar-refractivity contribution < 1.29 is 9.47 Å². The molecule has 4 heteroatoms. The van der Waals surface area contributed by atoms with E-state index in [4.69, 9.17) is 15.2 Å². The van der Waals surface area contributed by atoms with Crippen molar-refractivity contribution in [2.45, 2.75) is 25.0 Å². The lowest BCUT2D eigenvalue weighted by molar-refractivity contribution is 0.0222. The molecule has 1 fully saturated rings. The Hall–Kier alpha value is -0.580. The number of hydrogen-bond acceptors (Lipinski definition) is 3. The monoisotopic (exact) mass is 285 g/mol. The molecule has 16 heavy (non-hydrogen) atoms. The van der Waals surface area contributed by atoms with E-state index in [-0.39, 0.29) is 12.2 Å². The maximum atomic E-state index is 5.70. The third-order valence-corrected chi connectivity index (χ3v) is 3.24. The second kappa shape index (κ2) is 5.66. The van der Waals surface area contributed by atoms with Crippen LogP contribution in [0.15, 0.2) is 28.7 Å². The highest BCUT2D eigenvalue weighted by Gasteiger charge is 2.24. The van der Waals surface area contributed by atoms with E-state index in [9.17, 15) is 0 Å². The third kappa shape index (κ3) is 3.20. The molecule has 0 aromatic heterocycles. The fraction of sp³-hybridized carbons (Fsp3) is 0.500. The number of hydrogen-bond donors (Lipinski definition) is 1. The minimum atomic E-state index is 0.192. The van der Waals surface area contributed by atoms with Gasteiger partial charge in [0.1, 0.15) is 12.4 Å². The standard InChI is InChI=1S/C12H16BrNO2/c13-9-1-3-10(4-2-9)15-8-12-6-5-11(7-14)16-12/h1-4,11-12H,5-8,14H2. The van der Waals surface area contributed by atoms with Crippen LogP contribution in [-0.2, 0) is 4.74 Å². The molecule has 2 unspecified atom stereocenters. The van der Waals surface area contributed by atoms with Crippen LogP contribution in [0.4, 0.5) is 0 Å². The van der Waals surface area contributed by atoms with Gasteiger partial charge in [-0.1, -0.05) is 15.9 Å². The van der Waals surface area contributed by atoms with Gasteiger partial charge < -0.3 is 15.2 Å². The van der Waals surface area contributed by atoms with Gasteiger partial charge in [0.15, 0.2) is 0 Å². The third-order valence-electron chi connectivity index (χ3n) is 2.71. The second-order valence-electron chi connectivity index (χ2n) is 3.96. The lowest BCUT2D eigenvalue weighted by atomic mass is 10.2. The Morgan fingerprint density at radius 2 is 1.94 bits per heavy atom. The molecule has 88 valence electrons. The van der Waals surface area contributed by atoms with Crippen LogP contribution in [0.1, 0.15) is 12.8 Å². The lowest BCUT2D eigenvalue weighted by Gasteiger charge is -2.13. The smallest absolute Gasteiger partial charge is 0.119 e. The Labute approximate surface area is 104 Å². The van der Waals surface area contributed by atoms with Gasteiger partial charge in [0.2, 0.25) is 0 Å². The molecule has 1 heterocycles. The zero-order valence-corrected chi connectivity index (χ0v) is 10.7.